The maximum Gasteiger partial charge on any atom is 0.0577 e. The lowest BCUT2D eigenvalue weighted by atomic mass is 9.81. The normalized spacial score (nSPS) is 37.7. The second-order valence-corrected chi connectivity index (χ2v) is 3.57. The number of aliphatic hydroxyl groups is 1. The van der Waals surface area contributed by atoms with Gasteiger partial charge in [0.15, 0.2) is 0 Å². The van der Waals surface area contributed by atoms with Crippen LogP contribution in [-0.4, -0.2) is 24.3 Å². The molecule has 1 unspecified atom stereocenters. The van der Waals surface area contributed by atoms with Crippen LogP contribution in [0.1, 0.15) is 19.3 Å². The summed E-state index contributed by atoms with van der Waals surface area (Å²) in [4.78, 5) is 0. The van der Waals surface area contributed by atoms with Crippen molar-refractivity contribution in [3.63, 3.8) is 0 Å². The molecular weight excluding hydrogens is 138 g/mol. The molecule has 0 bridgehead atoms. The average Bonchev–Trinajstić information content (AvgIpc) is 2.04. The maximum absolute atomic E-state index is 9.39. The zero-order valence-corrected chi connectivity index (χ0v) is 6.71. The minimum absolute atomic E-state index is 0.0596. The average molecular weight is 153 g/mol. The third kappa shape index (κ3) is 1.47. The van der Waals surface area contributed by atoms with E-state index in [0.717, 1.165) is 31.8 Å². The Bertz CT molecular complexity index is 176. The van der Waals surface area contributed by atoms with Gasteiger partial charge in [-0.1, -0.05) is 11.6 Å². The van der Waals surface area contributed by atoms with Crippen molar-refractivity contribution in [3.05, 3.63) is 11.6 Å². The molecule has 2 rings (SSSR count). The SMILES string of the molecule is OC1CC[C@@H]2CNCC=C2C1. The molecule has 0 radical (unpaired) electrons. The number of aliphatic hydroxyl groups excluding tert-OH is 1. The van der Waals surface area contributed by atoms with E-state index >= 15 is 0 Å². The lowest BCUT2D eigenvalue weighted by molar-refractivity contribution is 0.134. The molecule has 2 heteroatoms. The molecule has 2 nitrogen and oxygen atoms in total. The highest BCUT2D eigenvalue weighted by Gasteiger charge is 2.24. The summed E-state index contributed by atoms with van der Waals surface area (Å²) >= 11 is 0. The van der Waals surface area contributed by atoms with Crippen molar-refractivity contribution >= 4 is 0 Å². The van der Waals surface area contributed by atoms with E-state index in [0.29, 0.717) is 0 Å². The highest BCUT2D eigenvalue weighted by atomic mass is 16.3. The van der Waals surface area contributed by atoms with E-state index in [-0.39, 0.29) is 6.10 Å². The monoisotopic (exact) mass is 153 g/mol. The number of nitrogens with one attached hydrogen (secondary N) is 1. The Morgan fingerprint density at radius 2 is 2.36 bits per heavy atom. The molecule has 2 atom stereocenters. The van der Waals surface area contributed by atoms with Crippen LogP contribution >= 0.6 is 0 Å². The second-order valence-electron chi connectivity index (χ2n) is 3.57. The molecule has 2 aliphatic rings. The minimum Gasteiger partial charge on any atom is -0.393 e. The van der Waals surface area contributed by atoms with Crippen LogP contribution < -0.4 is 5.32 Å². The molecule has 0 amide bonds. The van der Waals surface area contributed by atoms with Crippen LogP contribution in [0.25, 0.3) is 0 Å². The molecule has 0 saturated heterocycles. The zero-order valence-electron chi connectivity index (χ0n) is 6.71. The maximum atomic E-state index is 9.39. The Labute approximate surface area is 67.3 Å². The van der Waals surface area contributed by atoms with E-state index < -0.39 is 0 Å². The van der Waals surface area contributed by atoms with Gasteiger partial charge in [-0.15, -0.1) is 0 Å². The number of fused-ring (bicyclic) bond motifs is 1. The summed E-state index contributed by atoms with van der Waals surface area (Å²) in [7, 11) is 0. The van der Waals surface area contributed by atoms with Crippen LogP contribution in [0, 0.1) is 5.92 Å². The second kappa shape index (κ2) is 2.95. The van der Waals surface area contributed by atoms with Gasteiger partial charge < -0.3 is 10.4 Å². The Morgan fingerprint density at radius 1 is 1.45 bits per heavy atom. The van der Waals surface area contributed by atoms with Gasteiger partial charge in [-0.25, -0.2) is 0 Å². The quantitative estimate of drug-likeness (QED) is 0.501. The van der Waals surface area contributed by atoms with E-state index in [4.69, 9.17) is 0 Å². The topological polar surface area (TPSA) is 32.3 Å². The summed E-state index contributed by atoms with van der Waals surface area (Å²) in [6.45, 7) is 2.12. The molecule has 1 aliphatic carbocycles. The molecule has 1 heterocycles. The lowest BCUT2D eigenvalue weighted by Gasteiger charge is -2.31. The molecule has 2 N–H and O–H groups in total. The first-order valence-corrected chi connectivity index (χ1v) is 4.44. The molecule has 1 saturated carbocycles. The predicted molar refractivity (Wildman–Crippen MR) is 44.3 cm³/mol. The Balaban J connectivity index is 2.07. The molecule has 62 valence electrons. The first kappa shape index (κ1) is 7.32. The molecule has 11 heavy (non-hydrogen) atoms. The first-order chi connectivity index (χ1) is 5.36. The Kier molecular flexibility index (Phi) is 1.96. The third-order valence-electron chi connectivity index (χ3n) is 2.74. The van der Waals surface area contributed by atoms with Crippen molar-refractivity contribution in [2.24, 2.45) is 5.92 Å². The van der Waals surface area contributed by atoms with Gasteiger partial charge >= 0.3 is 0 Å². The standard InChI is InChI=1S/C9H15NO/c11-9-2-1-8-6-10-4-3-7(8)5-9/h3,8-11H,1-2,4-6H2/t8-,9?/m1/s1. The Morgan fingerprint density at radius 3 is 3.27 bits per heavy atom. The van der Waals surface area contributed by atoms with Crippen LogP contribution in [0.4, 0.5) is 0 Å². The zero-order chi connectivity index (χ0) is 7.68. The summed E-state index contributed by atoms with van der Waals surface area (Å²) in [5, 5.41) is 12.7. The largest absolute Gasteiger partial charge is 0.393 e. The van der Waals surface area contributed by atoms with Crippen molar-refractivity contribution in [2.75, 3.05) is 13.1 Å². The van der Waals surface area contributed by atoms with E-state index in [2.05, 4.69) is 11.4 Å². The van der Waals surface area contributed by atoms with Gasteiger partial charge in [-0.05, 0) is 25.2 Å². The fraction of sp³-hybridized carbons (Fsp3) is 0.778. The van der Waals surface area contributed by atoms with Gasteiger partial charge in [-0.3, -0.25) is 0 Å². The molecule has 0 aromatic carbocycles. The molecule has 0 aromatic heterocycles. The van der Waals surface area contributed by atoms with Crippen molar-refractivity contribution in [2.45, 2.75) is 25.4 Å². The molecule has 1 fully saturated rings. The van der Waals surface area contributed by atoms with Crippen molar-refractivity contribution in [3.8, 4) is 0 Å². The van der Waals surface area contributed by atoms with Crippen LogP contribution in [-0.2, 0) is 0 Å². The van der Waals surface area contributed by atoms with Crippen molar-refractivity contribution < 1.29 is 5.11 Å². The van der Waals surface area contributed by atoms with Gasteiger partial charge in [0, 0.05) is 13.1 Å². The minimum atomic E-state index is -0.0596. The highest BCUT2D eigenvalue weighted by molar-refractivity contribution is 5.14. The summed E-state index contributed by atoms with van der Waals surface area (Å²) in [5.41, 5.74) is 1.49. The van der Waals surface area contributed by atoms with Crippen LogP contribution in [0.5, 0.6) is 0 Å². The summed E-state index contributed by atoms with van der Waals surface area (Å²) < 4.78 is 0. The number of hydrogen-bond acceptors (Lipinski definition) is 2. The summed E-state index contributed by atoms with van der Waals surface area (Å²) in [6.07, 6.45) is 5.27. The molecular formula is C9H15NO. The van der Waals surface area contributed by atoms with Gasteiger partial charge in [0.05, 0.1) is 6.10 Å². The van der Waals surface area contributed by atoms with E-state index in [1.807, 2.05) is 0 Å². The van der Waals surface area contributed by atoms with Gasteiger partial charge in [0.2, 0.25) is 0 Å². The third-order valence-corrected chi connectivity index (χ3v) is 2.74. The number of hydrogen-bond donors (Lipinski definition) is 2. The smallest absolute Gasteiger partial charge is 0.0577 e. The van der Waals surface area contributed by atoms with Crippen LogP contribution in [0.3, 0.4) is 0 Å². The number of rotatable bonds is 0. The highest BCUT2D eigenvalue weighted by Crippen LogP contribution is 2.30. The molecule has 0 aromatic rings. The predicted octanol–water partition coefficient (Wildman–Crippen LogP) is 0.677. The Hall–Kier alpha value is -0.340. The fourth-order valence-corrected chi connectivity index (χ4v) is 2.06. The summed E-state index contributed by atoms with van der Waals surface area (Å²) in [5.74, 6) is 0.729. The van der Waals surface area contributed by atoms with Gasteiger partial charge in [-0.2, -0.15) is 0 Å². The van der Waals surface area contributed by atoms with Crippen molar-refractivity contribution in [1.29, 1.82) is 0 Å². The summed E-state index contributed by atoms with van der Waals surface area (Å²) in [6, 6.07) is 0. The fourth-order valence-electron chi connectivity index (χ4n) is 2.06. The van der Waals surface area contributed by atoms with Gasteiger partial charge in [0.1, 0.15) is 0 Å². The van der Waals surface area contributed by atoms with Gasteiger partial charge in [0.25, 0.3) is 0 Å². The lowest BCUT2D eigenvalue weighted by Crippen LogP contribution is -2.34. The first-order valence-electron chi connectivity index (χ1n) is 4.44. The van der Waals surface area contributed by atoms with Crippen LogP contribution in [0.15, 0.2) is 11.6 Å². The van der Waals surface area contributed by atoms with E-state index in [1.165, 1.54) is 12.0 Å². The van der Waals surface area contributed by atoms with E-state index in [1.54, 1.807) is 0 Å². The molecule has 0 spiro atoms. The van der Waals surface area contributed by atoms with Crippen LogP contribution in [0.2, 0.25) is 0 Å². The van der Waals surface area contributed by atoms with Crippen molar-refractivity contribution in [1.82, 2.24) is 5.32 Å². The molecule has 1 aliphatic heterocycles. The van der Waals surface area contributed by atoms with E-state index in [9.17, 15) is 5.11 Å².